The molecule has 0 saturated carbocycles. The fourth-order valence-corrected chi connectivity index (χ4v) is 11.7. The van der Waals surface area contributed by atoms with Gasteiger partial charge in [0.1, 0.15) is 40.3 Å². The number of alkyl halides is 1. The summed E-state index contributed by atoms with van der Waals surface area (Å²) in [6, 6.07) is 20.5. The Balaban J connectivity index is 0.000000191. The molecule has 6 saturated heterocycles. The molecule has 6 unspecified atom stereocenters. The molecule has 4 aromatic rings. The van der Waals surface area contributed by atoms with Gasteiger partial charge >= 0.3 is 12.2 Å². The van der Waals surface area contributed by atoms with Crippen LogP contribution >= 0.6 is 24.0 Å². The molecule has 6 aliphatic rings. The lowest BCUT2D eigenvalue weighted by Gasteiger charge is -2.39. The molecule has 6 aliphatic heterocycles. The maximum absolute atomic E-state index is 13.7. The Hall–Kier alpha value is -4.55. The van der Waals surface area contributed by atoms with Crippen molar-refractivity contribution in [2.75, 3.05) is 0 Å². The molecule has 80 heavy (non-hydrogen) atoms. The van der Waals surface area contributed by atoms with E-state index >= 15 is 0 Å². The molecule has 444 valence electrons. The second kappa shape index (κ2) is 30.1. The number of rotatable bonds is 8. The first-order chi connectivity index (χ1) is 37.3. The van der Waals surface area contributed by atoms with Crippen LogP contribution in [0.15, 0.2) is 72.8 Å². The van der Waals surface area contributed by atoms with Crippen LogP contribution in [0.4, 0.5) is 31.5 Å². The molecule has 0 aromatic heterocycles. The van der Waals surface area contributed by atoms with Crippen molar-refractivity contribution >= 4 is 36.2 Å². The zero-order valence-electron chi connectivity index (χ0n) is 47.9. The molecule has 2 amide bonds. The molecule has 6 atom stereocenters. The number of amides is 2. The number of ether oxygens (including phenoxy) is 4. The van der Waals surface area contributed by atoms with E-state index in [1.165, 1.54) is 49.2 Å². The normalized spacial score (nSPS) is 24.3. The lowest BCUT2D eigenvalue weighted by molar-refractivity contribution is -0.0407. The van der Waals surface area contributed by atoms with Crippen molar-refractivity contribution in [3.05, 3.63) is 141 Å². The standard InChI is InChI=1S/C19H25F2NO3.C15H20FNO.C12H21NO3.C8H8ClF.C8H9FO.ClH/c1-19(2,3)25-18(23)22-12-7-8-13(22)10-14(9-12)24-11-15-16(20)5-4-6-17(15)21;1-10-3-2-4-15(16)14(10)9-18-13-7-11-5-6-12(8-13)17-11;1-12(2,3)16-11(15)13-8-4-5-9(13)7-10(14)6-8;1-6-3-2-4-8(10)7(6)5-9;1-6-3-2-4-8(9)7(6)5-10;/h4-6,12-14H,7-11H2,1-3H3;2-4,11-13,17H,5-9H2,1H3;8-10,14H,4-7H2,1-3H3;2-4H,5H2,1H3;2-4,10H,5H2,1H3;1H. The van der Waals surface area contributed by atoms with Crippen molar-refractivity contribution in [3.8, 4) is 0 Å². The van der Waals surface area contributed by atoms with Gasteiger partial charge in [0.2, 0.25) is 0 Å². The van der Waals surface area contributed by atoms with Crippen molar-refractivity contribution in [3.63, 3.8) is 0 Å². The summed E-state index contributed by atoms with van der Waals surface area (Å²) in [4.78, 5) is 28.1. The first-order valence-electron chi connectivity index (χ1n) is 27.9. The highest BCUT2D eigenvalue weighted by atomic mass is 35.5. The summed E-state index contributed by atoms with van der Waals surface area (Å²) in [7, 11) is 0. The first kappa shape index (κ1) is 66.3. The highest BCUT2D eigenvalue weighted by Gasteiger charge is 2.46. The number of aliphatic hydroxyl groups is 2. The largest absolute Gasteiger partial charge is 0.444 e. The van der Waals surface area contributed by atoms with Crippen LogP contribution in [0.25, 0.3) is 0 Å². The predicted octanol–water partition coefficient (Wildman–Crippen LogP) is 14.2. The third kappa shape index (κ3) is 19.0. The van der Waals surface area contributed by atoms with Crippen molar-refractivity contribution in [2.45, 2.75) is 231 Å². The molecule has 4 aromatic carbocycles. The van der Waals surface area contributed by atoms with Crippen LogP contribution in [0.5, 0.6) is 0 Å². The lowest BCUT2D eigenvalue weighted by Crippen LogP contribution is -2.50. The summed E-state index contributed by atoms with van der Waals surface area (Å²) in [5.74, 6) is -1.62. The van der Waals surface area contributed by atoms with Crippen LogP contribution in [-0.2, 0) is 44.6 Å². The Kier molecular flexibility index (Phi) is 25.0. The average Bonchev–Trinajstić information content (AvgIpc) is 4.07. The maximum Gasteiger partial charge on any atom is 0.410 e. The monoisotopic (exact) mass is 1160 g/mol. The fraction of sp³-hybridized carbons (Fsp3) is 0.581. The summed E-state index contributed by atoms with van der Waals surface area (Å²) >= 11 is 5.50. The van der Waals surface area contributed by atoms with Crippen molar-refractivity contribution in [1.82, 2.24) is 15.1 Å². The fourth-order valence-electron chi connectivity index (χ4n) is 11.4. The third-order valence-electron chi connectivity index (χ3n) is 15.4. The molecule has 11 nitrogen and oxygen atoms in total. The summed E-state index contributed by atoms with van der Waals surface area (Å²) in [6.07, 6.45) is 10.7. The molecule has 6 heterocycles. The van der Waals surface area contributed by atoms with Gasteiger partial charge in [-0.05, 0) is 186 Å². The number of aryl methyl sites for hydroxylation is 3. The van der Waals surface area contributed by atoms with Gasteiger partial charge in [0.05, 0.1) is 44.0 Å². The minimum absolute atomic E-state index is 0. The summed E-state index contributed by atoms with van der Waals surface area (Å²) in [5, 5.41) is 21.9. The molecule has 0 aliphatic carbocycles. The highest BCUT2D eigenvalue weighted by molar-refractivity contribution is 6.17. The number of benzene rings is 4. The molecule has 6 bridgehead atoms. The molecular formula is C62H84Cl2F5N3O8. The van der Waals surface area contributed by atoms with E-state index < -0.39 is 22.8 Å². The number of halogens is 7. The van der Waals surface area contributed by atoms with E-state index in [4.69, 9.17) is 35.7 Å². The van der Waals surface area contributed by atoms with Gasteiger partial charge in [-0.15, -0.1) is 24.0 Å². The second-order valence-corrected chi connectivity index (χ2v) is 24.0. The van der Waals surface area contributed by atoms with Crippen LogP contribution in [0.1, 0.15) is 158 Å². The quantitative estimate of drug-likeness (QED) is 0.117. The number of fused-ring (bicyclic) bond motifs is 6. The molecule has 0 spiro atoms. The number of carbonyl (C=O) groups excluding carboxylic acids is 2. The van der Waals surface area contributed by atoms with Crippen LogP contribution in [0.2, 0.25) is 0 Å². The Morgan fingerprint density at radius 2 is 0.875 bits per heavy atom. The van der Waals surface area contributed by atoms with Crippen molar-refractivity contribution in [2.24, 2.45) is 0 Å². The molecule has 18 heteroatoms. The van der Waals surface area contributed by atoms with Gasteiger partial charge in [-0.1, -0.05) is 42.5 Å². The molecular weight excluding hydrogens is 1080 g/mol. The van der Waals surface area contributed by atoms with E-state index in [0.29, 0.717) is 67.2 Å². The van der Waals surface area contributed by atoms with Gasteiger partial charge in [-0.2, -0.15) is 0 Å². The van der Waals surface area contributed by atoms with Gasteiger partial charge < -0.3 is 44.3 Å². The summed E-state index contributed by atoms with van der Waals surface area (Å²) in [6.45, 7) is 16.9. The predicted molar refractivity (Wildman–Crippen MR) is 303 cm³/mol. The molecule has 0 radical (unpaired) electrons. The van der Waals surface area contributed by atoms with Crippen LogP contribution in [0.3, 0.4) is 0 Å². The highest BCUT2D eigenvalue weighted by Crippen LogP contribution is 2.39. The van der Waals surface area contributed by atoms with E-state index in [9.17, 15) is 36.6 Å². The zero-order valence-corrected chi connectivity index (χ0v) is 49.4. The SMILES string of the molecule is CC(C)(C)OC(=O)N1C2CCC1CC(O)C2.CC(C)(C)OC(=O)N1C2CCC1CC(OCc1c(F)cccc1F)C2.Cc1cccc(F)c1CCl.Cc1cccc(F)c1CO.Cc1cccc(F)c1COC1CC2CCC(C1)N2.Cl. The van der Waals surface area contributed by atoms with Crippen LogP contribution < -0.4 is 5.32 Å². The zero-order chi connectivity index (χ0) is 57.8. The van der Waals surface area contributed by atoms with Crippen molar-refractivity contribution in [1.29, 1.82) is 0 Å². The van der Waals surface area contributed by atoms with E-state index in [1.54, 1.807) is 31.2 Å². The molecule has 6 fully saturated rings. The van der Waals surface area contributed by atoms with Crippen LogP contribution in [-0.4, -0.2) is 98.0 Å². The lowest BCUT2D eigenvalue weighted by atomic mass is 10.00. The first-order valence-corrected chi connectivity index (χ1v) is 28.4. The van der Waals surface area contributed by atoms with E-state index in [1.807, 2.05) is 77.3 Å². The molecule has 3 N–H and O–H groups in total. The number of nitrogens with zero attached hydrogens (tertiary/aromatic N) is 2. The van der Waals surface area contributed by atoms with Gasteiger partial charge in [-0.25, -0.2) is 31.5 Å². The minimum atomic E-state index is -0.589. The third-order valence-corrected chi connectivity index (χ3v) is 15.6. The van der Waals surface area contributed by atoms with E-state index in [-0.39, 0.29) is 103 Å². The van der Waals surface area contributed by atoms with E-state index in [0.717, 1.165) is 55.2 Å². The maximum atomic E-state index is 13.7. The van der Waals surface area contributed by atoms with Crippen molar-refractivity contribution < 1.29 is 60.7 Å². The van der Waals surface area contributed by atoms with Gasteiger partial charge in [0.15, 0.2) is 0 Å². The number of nitrogens with one attached hydrogen (secondary N) is 1. The number of hydrogen-bond acceptors (Lipinski definition) is 9. The Bertz CT molecular complexity index is 2470. The summed E-state index contributed by atoms with van der Waals surface area (Å²) in [5.41, 5.74) is 3.39. The number of hydrogen-bond donors (Lipinski definition) is 3. The topological polar surface area (TPSA) is 130 Å². The van der Waals surface area contributed by atoms with Crippen LogP contribution in [0, 0.1) is 49.9 Å². The average molecular weight is 1170 g/mol. The van der Waals surface area contributed by atoms with Gasteiger partial charge in [-0.3, -0.25) is 0 Å². The van der Waals surface area contributed by atoms with Gasteiger partial charge in [0.25, 0.3) is 0 Å². The Morgan fingerprint density at radius 3 is 1.23 bits per heavy atom. The number of aliphatic hydroxyl groups excluding tert-OH is 2. The number of carbonyl (C=O) groups is 2. The van der Waals surface area contributed by atoms with E-state index in [2.05, 4.69) is 5.32 Å². The number of piperidine rings is 3. The minimum Gasteiger partial charge on any atom is -0.444 e. The van der Waals surface area contributed by atoms with Gasteiger partial charge in [0, 0.05) is 58.5 Å². The summed E-state index contributed by atoms with van der Waals surface area (Å²) < 4.78 is 89.2. The second-order valence-electron chi connectivity index (χ2n) is 23.7. The Morgan fingerprint density at radius 1 is 0.537 bits per heavy atom. The molecule has 10 rings (SSSR count). The smallest absolute Gasteiger partial charge is 0.410 e. The Labute approximate surface area is 481 Å².